The number of amides is 2. The Morgan fingerprint density at radius 1 is 1.00 bits per heavy atom. The molecule has 4 rings (SSSR count). The van der Waals surface area contributed by atoms with Crippen molar-refractivity contribution in [2.45, 2.75) is 12.6 Å². The maximum Gasteiger partial charge on any atom is 0.416 e. The van der Waals surface area contributed by atoms with Crippen molar-refractivity contribution >= 4 is 39.4 Å². The average Bonchev–Trinajstić information content (AvgIpc) is 3.22. The number of para-hydroxylation sites is 1. The summed E-state index contributed by atoms with van der Waals surface area (Å²) >= 11 is 0.801. The van der Waals surface area contributed by atoms with E-state index in [4.69, 9.17) is 0 Å². The molecule has 1 fully saturated rings. The van der Waals surface area contributed by atoms with Gasteiger partial charge in [-0.15, -0.1) is 0 Å². The van der Waals surface area contributed by atoms with Crippen molar-refractivity contribution in [2.24, 2.45) is 0 Å². The summed E-state index contributed by atoms with van der Waals surface area (Å²) in [4.78, 5) is 27.3. The predicted molar refractivity (Wildman–Crippen MR) is 101 cm³/mol. The number of H-pyrrole nitrogens is 1. The Balaban J connectivity index is 1.80. The third-order valence-electron chi connectivity index (χ3n) is 4.47. The molecule has 3 aromatic rings. The Morgan fingerprint density at radius 2 is 1.71 bits per heavy atom. The molecule has 1 saturated heterocycles. The average molecular weight is 402 g/mol. The molecule has 0 spiro atoms. The number of halogens is 3. The number of aromatic amines is 1. The van der Waals surface area contributed by atoms with E-state index in [-0.39, 0.29) is 11.3 Å². The van der Waals surface area contributed by atoms with Gasteiger partial charge >= 0.3 is 6.18 Å². The first kappa shape index (κ1) is 18.4. The highest BCUT2D eigenvalue weighted by Gasteiger charge is 2.31. The molecule has 0 bridgehead atoms. The fourth-order valence-electron chi connectivity index (χ4n) is 3.15. The van der Waals surface area contributed by atoms with Gasteiger partial charge < -0.3 is 4.98 Å². The number of carbonyl (C=O) groups excluding carboxylic acids is 2. The van der Waals surface area contributed by atoms with Gasteiger partial charge in [-0.05, 0) is 47.5 Å². The number of rotatable bonds is 3. The number of aromatic nitrogens is 1. The van der Waals surface area contributed by atoms with E-state index in [0.29, 0.717) is 11.1 Å². The minimum absolute atomic E-state index is 0.211. The number of hydrogen-bond donors (Lipinski definition) is 2. The van der Waals surface area contributed by atoms with Crippen LogP contribution in [-0.2, 0) is 17.4 Å². The summed E-state index contributed by atoms with van der Waals surface area (Å²) in [5.41, 5.74) is 2.06. The Bertz CT molecular complexity index is 1110. The third kappa shape index (κ3) is 3.43. The van der Waals surface area contributed by atoms with E-state index in [9.17, 15) is 22.8 Å². The van der Waals surface area contributed by atoms with Gasteiger partial charge in [0.25, 0.3) is 11.1 Å². The van der Waals surface area contributed by atoms with Crippen LogP contribution >= 0.6 is 11.8 Å². The molecule has 8 heteroatoms. The molecule has 142 valence electrons. The van der Waals surface area contributed by atoms with Gasteiger partial charge in [0.05, 0.1) is 10.5 Å². The van der Waals surface area contributed by atoms with Crippen molar-refractivity contribution < 1.29 is 22.8 Å². The molecule has 1 aromatic heterocycles. The fraction of sp³-hybridized carbons (Fsp3) is 0.100. The first-order valence-electron chi connectivity index (χ1n) is 8.32. The number of nitrogens with one attached hydrogen (secondary N) is 2. The maximum atomic E-state index is 12.8. The maximum absolute atomic E-state index is 12.8. The highest BCUT2D eigenvalue weighted by atomic mass is 32.2. The van der Waals surface area contributed by atoms with E-state index < -0.39 is 22.9 Å². The lowest BCUT2D eigenvalue weighted by molar-refractivity contribution is -0.137. The number of alkyl halides is 3. The Morgan fingerprint density at radius 3 is 2.36 bits per heavy atom. The third-order valence-corrected chi connectivity index (χ3v) is 5.39. The number of allylic oxidation sites excluding steroid dienone is 1. The molecule has 0 saturated carbocycles. The van der Waals surface area contributed by atoms with Crippen LogP contribution in [0.5, 0.6) is 0 Å². The highest BCUT2D eigenvalue weighted by molar-refractivity contribution is 8.18. The number of imide groups is 1. The van der Waals surface area contributed by atoms with Crippen LogP contribution in [0.4, 0.5) is 18.0 Å². The molecule has 0 radical (unpaired) electrons. The summed E-state index contributed by atoms with van der Waals surface area (Å²) in [5.74, 6) is -0.498. The molecule has 2 aromatic carbocycles. The van der Waals surface area contributed by atoms with E-state index in [1.54, 1.807) is 6.20 Å². The molecular formula is C20H13F3N2O2S. The SMILES string of the molecule is O=C1NC(=O)/C(=C(/Cc2ccc(C(F)(F)F)cc2)c2c[nH]c3ccccc23)S1. The molecule has 1 aliphatic heterocycles. The number of thioether (sulfide) groups is 1. The van der Waals surface area contributed by atoms with Crippen LogP contribution in [0.3, 0.4) is 0 Å². The zero-order valence-electron chi connectivity index (χ0n) is 14.3. The molecule has 2 N–H and O–H groups in total. The van der Waals surface area contributed by atoms with Crippen molar-refractivity contribution in [3.8, 4) is 0 Å². The van der Waals surface area contributed by atoms with E-state index >= 15 is 0 Å². The first-order chi connectivity index (χ1) is 13.3. The lowest BCUT2D eigenvalue weighted by Gasteiger charge is -2.11. The molecular weight excluding hydrogens is 389 g/mol. The van der Waals surface area contributed by atoms with E-state index in [0.717, 1.165) is 40.4 Å². The van der Waals surface area contributed by atoms with Crippen LogP contribution < -0.4 is 5.32 Å². The Hall–Kier alpha value is -3.00. The largest absolute Gasteiger partial charge is 0.416 e. The van der Waals surface area contributed by atoms with Gasteiger partial charge in [0.1, 0.15) is 0 Å². The second-order valence-electron chi connectivity index (χ2n) is 6.27. The van der Waals surface area contributed by atoms with E-state index in [1.807, 2.05) is 24.3 Å². The minimum Gasteiger partial charge on any atom is -0.361 e. The van der Waals surface area contributed by atoms with Gasteiger partial charge in [-0.1, -0.05) is 30.3 Å². The highest BCUT2D eigenvalue weighted by Crippen LogP contribution is 2.37. The Kier molecular flexibility index (Phi) is 4.50. The molecule has 2 amide bonds. The summed E-state index contributed by atoms with van der Waals surface area (Å²) in [6.07, 6.45) is -2.46. The Labute approximate surface area is 161 Å². The van der Waals surface area contributed by atoms with Crippen molar-refractivity contribution in [2.75, 3.05) is 0 Å². The topological polar surface area (TPSA) is 62.0 Å². The van der Waals surface area contributed by atoms with Gasteiger partial charge in [-0.2, -0.15) is 13.2 Å². The van der Waals surface area contributed by atoms with Gasteiger partial charge in [0, 0.05) is 22.7 Å². The van der Waals surface area contributed by atoms with Gasteiger partial charge in [-0.25, -0.2) is 0 Å². The van der Waals surface area contributed by atoms with Crippen molar-refractivity contribution in [1.29, 1.82) is 0 Å². The molecule has 1 aliphatic rings. The standard InChI is InChI=1S/C20H13F3N2O2S/c21-20(22,23)12-7-5-11(6-8-12)9-14(17-18(26)25-19(27)28-17)15-10-24-16-4-2-1-3-13(15)16/h1-8,10,24H,9H2,(H,25,26,27)/b17-14+. The molecule has 0 aliphatic carbocycles. The summed E-state index contributed by atoms with van der Waals surface area (Å²) in [6, 6.07) is 12.3. The molecule has 0 unspecified atom stereocenters. The quantitative estimate of drug-likeness (QED) is 0.598. The molecule has 0 atom stereocenters. The zero-order chi connectivity index (χ0) is 19.9. The molecule has 28 heavy (non-hydrogen) atoms. The lowest BCUT2D eigenvalue weighted by Crippen LogP contribution is -2.18. The zero-order valence-corrected chi connectivity index (χ0v) is 15.1. The van der Waals surface area contributed by atoms with Crippen LogP contribution in [0, 0.1) is 0 Å². The predicted octanol–water partition coefficient (Wildman–Crippen LogP) is 5.12. The number of benzene rings is 2. The van der Waals surface area contributed by atoms with Crippen molar-refractivity contribution in [3.63, 3.8) is 0 Å². The van der Waals surface area contributed by atoms with Crippen molar-refractivity contribution in [1.82, 2.24) is 10.3 Å². The summed E-state index contributed by atoms with van der Waals surface area (Å²) in [7, 11) is 0. The van der Waals surface area contributed by atoms with E-state index in [2.05, 4.69) is 10.3 Å². The van der Waals surface area contributed by atoms with Crippen LogP contribution in [-0.4, -0.2) is 16.1 Å². The smallest absolute Gasteiger partial charge is 0.361 e. The first-order valence-corrected chi connectivity index (χ1v) is 9.13. The van der Waals surface area contributed by atoms with Crippen molar-refractivity contribution in [3.05, 3.63) is 76.3 Å². The number of carbonyl (C=O) groups is 2. The second kappa shape index (κ2) is 6.87. The second-order valence-corrected chi connectivity index (χ2v) is 7.25. The van der Waals surface area contributed by atoms with Gasteiger partial charge in [-0.3, -0.25) is 14.9 Å². The van der Waals surface area contributed by atoms with Crippen LogP contribution in [0.1, 0.15) is 16.7 Å². The lowest BCUT2D eigenvalue weighted by atomic mass is 9.96. The fourth-order valence-corrected chi connectivity index (χ4v) is 3.93. The van der Waals surface area contributed by atoms with Gasteiger partial charge in [0.15, 0.2) is 0 Å². The molecule has 4 nitrogen and oxygen atoms in total. The van der Waals surface area contributed by atoms with Crippen LogP contribution in [0.25, 0.3) is 16.5 Å². The summed E-state index contributed by atoms with van der Waals surface area (Å²) < 4.78 is 38.4. The number of fused-ring (bicyclic) bond motifs is 1. The normalized spacial score (nSPS) is 16.5. The van der Waals surface area contributed by atoms with Crippen LogP contribution in [0.2, 0.25) is 0 Å². The monoisotopic (exact) mass is 402 g/mol. The molecule has 2 heterocycles. The minimum atomic E-state index is -4.41. The summed E-state index contributed by atoms with van der Waals surface area (Å²) in [5, 5.41) is 2.64. The van der Waals surface area contributed by atoms with E-state index in [1.165, 1.54) is 12.1 Å². The van der Waals surface area contributed by atoms with Crippen LogP contribution in [0.15, 0.2) is 59.6 Å². The summed E-state index contributed by atoms with van der Waals surface area (Å²) in [6.45, 7) is 0. The van der Waals surface area contributed by atoms with Gasteiger partial charge in [0.2, 0.25) is 0 Å². The number of hydrogen-bond acceptors (Lipinski definition) is 3.